The molecule has 1 saturated carbocycles. The molecular weight excluding hydrogens is 360 g/mol. The Bertz CT molecular complexity index is 912. The number of aliphatic hydroxyl groups is 1. The van der Waals surface area contributed by atoms with Crippen LogP contribution in [0.3, 0.4) is 0 Å². The van der Waals surface area contributed by atoms with Gasteiger partial charge in [0.25, 0.3) is 0 Å². The summed E-state index contributed by atoms with van der Waals surface area (Å²) in [5.41, 5.74) is 5.49. The topological polar surface area (TPSA) is 45.6 Å². The van der Waals surface area contributed by atoms with E-state index < -0.39 is 5.60 Å². The highest BCUT2D eigenvalue weighted by Gasteiger charge is 2.53. The average molecular weight is 393 g/mol. The third kappa shape index (κ3) is 3.27. The number of hydrogen-bond acceptors (Lipinski definition) is 4. The fourth-order valence-electron chi connectivity index (χ4n) is 6.05. The molecule has 29 heavy (non-hydrogen) atoms. The van der Waals surface area contributed by atoms with E-state index in [0.29, 0.717) is 12.5 Å². The van der Waals surface area contributed by atoms with Crippen molar-refractivity contribution < 1.29 is 9.84 Å². The van der Waals surface area contributed by atoms with Crippen molar-refractivity contribution in [3.05, 3.63) is 58.4 Å². The minimum absolute atomic E-state index is 0.265. The second kappa shape index (κ2) is 7.41. The maximum atomic E-state index is 11.6. The molecule has 4 nitrogen and oxygen atoms in total. The van der Waals surface area contributed by atoms with Crippen molar-refractivity contribution in [2.75, 3.05) is 19.7 Å². The molecule has 1 aromatic heterocycles. The van der Waals surface area contributed by atoms with Crippen LogP contribution in [-0.2, 0) is 25.0 Å². The molecule has 1 aromatic carbocycles. The van der Waals surface area contributed by atoms with E-state index in [1.54, 1.807) is 0 Å². The number of hydrogen-bond donors (Lipinski definition) is 1. The number of nitrogens with zero attached hydrogens (tertiary/aromatic N) is 2. The van der Waals surface area contributed by atoms with E-state index in [0.717, 1.165) is 49.5 Å². The maximum Gasteiger partial charge on any atom is 0.124 e. The second-order valence-corrected chi connectivity index (χ2v) is 9.21. The summed E-state index contributed by atoms with van der Waals surface area (Å²) in [6.07, 6.45) is 7.36. The molecule has 0 radical (unpaired) electrons. The molecule has 1 aliphatic heterocycles. The third-order valence-corrected chi connectivity index (χ3v) is 7.41. The Morgan fingerprint density at radius 1 is 1.24 bits per heavy atom. The Morgan fingerprint density at radius 3 is 2.86 bits per heavy atom. The Labute approximate surface area is 173 Å². The highest BCUT2D eigenvalue weighted by atomic mass is 16.5. The van der Waals surface area contributed by atoms with Crippen LogP contribution in [0.15, 0.2) is 30.5 Å². The van der Waals surface area contributed by atoms with Gasteiger partial charge in [0.2, 0.25) is 0 Å². The first-order chi connectivity index (χ1) is 14.1. The molecule has 0 amide bonds. The first-order valence-corrected chi connectivity index (χ1v) is 11.2. The maximum absolute atomic E-state index is 11.6. The fraction of sp³-hybridized carbons (Fsp3) is 0.560. The number of fused-ring (bicyclic) bond motifs is 2. The number of ether oxygens (including phenoxy) is 1. The summed E-state index contributed by atoms with van der Waals surface area (Å²) in [7, 11) is 0. The van der Waals surface area contributed by atoms with Crippen LogP contribution in [0.2, 0.25) is 0 Å². The molecule has 3 atom stereocenters. The van der Waals surface area contributed by atoms with Crippen LogP contribution in [0.25, 0.3) is 0 Å². The van der Waals surface area contributed by atoms with Crippen molar-refractivity contribution in [3.63, 3.8) is 0 Å². The molecule has 2 aromatic rings. The number of rotatable bonds is 5. The summed E-state index contributed by atoms with van der Waals surface area (Å²) in [5.74, 6) is 1.87. The van der Waals surface area contributed by atoms with Crippen molar-refractivity contribution in [2.24, 2.45) is 11.8 Å². The first-order valence-electron chi connectivity index (χ1n) is 11.2. The predicted molar refractivity (Wildman–Crippen MR) is 114 cm³/mol. The third-order valence-electron chi connectivity index (χ3n) is 7.41. The summed E-state index contributed by atoms with van der Waals surface area (Å²) >= 11 is 0. The summed E-state index contributed by atoms with van der Waals surface area (Å²) in [6.45, 7) is 7.73. The molecule has 3 aliphatic rings. The summed E-state index contributed by atoms with van der Waals surface area (Å²) in [5, 5.41) is 11.6. The van der Waals surface area contributed by atoms with Crippen molar-refractivity contribution in [2.45, 2.75) is 58.1 Å². The lowest BCUT2D eigenvalue weighted by Crippen LogP contribution is -2.36. The minimum Gasteiger partial charge on any atom is -0.494 e. The minimum atomic E-state index is -0.786. The second-order valence-electron chi connectivity index (χ2n) is 9.21. The van der Waals surface area contributed by atoms with Crippen LogP contribution in [0.5, 0.6) is 5.75 Å². The summed E-state index contributed by atoms with van der Waals surface area (Å²) < 4.78 is 6.01. The number of aromatic nitrogens is 1. The molecule has 154 valence electrons. The van der Waals surface area contributed by atoms with E-state index in [1.165, 1.54) is 36.0 Å². The van der Waals surface area contributed by atoms with Crippen molar-refractivity contribution >= 4 is 0 Å². The molecule has 1 saturated heterocycles. The van der Waals surface area contributed by atoms with Gasteiger partial charge in [-0.1, -0.05) is 12.1 Å². The zero-order chi connectivity index (χ0) is 20.0. The van der Waals surface area contributed by atoms with Gasteiger partial charge in [-0.3, -0.25) is 9.88 Å². The van der Waals surface area contributed by atoms with Crippen LogP contribution in [0, 0.1) is 18.8 Å². The van der Waals surface area contributed by atoms with Crippen molar-refractivity contribution in [1.29, 1.82) is 0 Å². The van der Waals surface area contributed by atoms with Crippen LogP contribution in [-0.4, -0.2) is 34.7 Å². The predicted octanol–water partition coefficient (Wildman–Crippen LogP) is 4.01. The highest BCUT2D eigenvalue weighted by Crippen LogP contribution is 2.51. The number of benzene rings is 1. The number of aryl methyl sites for hydroxylation is 3. The average Bonchev–Trinajstić information content (AvgIpc) is 3.40. The van der Waals surface area contributed by atoms with Gasteiger partial charge in [0.05, 0.1) is 12.3 Å². The van der Waals surface area contributed by atoms with E-state index in [9.17, 15) is 5.11 Å². The normalized spacial score (nSPS) is 28.5. The molecule has 2 aliphatic carbocycles. The lowest BCUT2D eigenvalue weighted by atomic mass is 9.83. The van der Waals surface area contributed by atoms with E-state index in [2.05, 4.69) is 41.9 Å². The molecule has 0 spiro atoms. The Balaban J connectivity index is 1.37. The largest absolute Gasteiger partial charge is 0.494 e. The van der Waals surface area contributed by atoms with Crippen molar-refractivity contribution in [3.8, 4) is 5.75 Å². The first kappa shape index (κ1) is 19.1. The van der Waals surface area contributed by atoms with E-state index in [1.807, 2.05) is 12.3 Å². The number of pyridine rings is 1. The van der Waals surface area contributed by atoms with Crippen LogP contribution in [0.1, 0.15) is 54.1 Å². The summed E-state index contributed by atoms with van der Waals surface area (Å²) in [6, 6.07) is 8.69. The Hall–Kier alpha value is -1.91. The van der Waals surface area contributed by atoms with E-state index >= 15 is 0 Å². The molecule has 0 unspecified atom stereocenters. The van der Waals surface area contributed by atoms with Gasteiger partial charge in [-0.25, -0.2) is 0 Å². The smallest absolute Gasteiger partial charge is 0.124 e. The molecule has 2 fully saturated rings. The van der Waals surface area contributed by atoms with Gasteiger partial charge in [-0.2, -0.15) is 0 Å². The van der Waals surface area contributed by atoms with Gasteiger partial charge in [-0.05, 0) is 80.7 Å². The highest BCUT2D eigenvalue weighted by molar-refractivity contribution is 5.45. The van der Waals surface area contributed by atoms with E-state index in [4.69, 9.17) is 4.74 Å². The van der Waals surface area contributed by atoms with Gasteiger partial charge in [0.15, 0.2) is 0 Å². The molecular formula is C25H32N2O2. The van der Waals surface area contributed by atoms with Crippen molar-refractivity contribution in [1.82, 2.24) is 9.88 Å². The van der Waals surface area contributed by atoms with Crippen LogP contribution < -0.4 is 4.74 Å². The standard InChI is InChI=1S/C25H32N2O2/c1-3-29-23-13-19-8-4-7-18(19)12-21(23)15-27-14-20-9-10-25(28,22(20)16-27)24-17(2)6-5-11-26-24/h5-6,11-13,20,22,28H,3-4,7-10,14-16H2,1-2H3/t20-,22+,25-/m0/s1. The molecule has 0 bridgehead atoms. The molecule has 1 N–H and O–H groups in total. The zero-order valence-electron chi connectivity index (χ0n) is 17.7. The lowest BCUT2D eigenvalue weighted by Gasteiger charge is -2.31. The zero-order valence-corrected chi connectivity index (χ0v) is 17.7. The fourth-order valence-corrected chi connectivity index (χ4v) is 6.05. The molecule has 5 rings (SSSR count). The van der Waals surface area contributed by atoms with Gasteiger partial charge in [-0.15, -0.1) is 0 Å². The lowest BCUT2D eigenvalue weighted by molar-refractivity contribution is -0.0114. The monoisotopic (exact) mass is 392 g/mol. The van der Waals surface area contributed by atoms with Gasteiger partial charge in [0, 0.05) is 37.3 Å². The summed E-state index contributed by atoms with van der Waals surface area (Å²) in [4.78, 5) is 7.12. The SMILES string of the molecule is CCOc1cc2c(cc1CN1C[C@@H]3CC[C@@](O)(c4ncccc4C)[C@@H]3C1)CCC2. The Kier molecular flexibility index (Phi) is 4.87. The van der Waals surface area contributed by atoms with Gasteiger partial charge in [0.1, 0.15) is 11.4 Å². The molecule has 4 heteroatoms. The van der Waals surface area contributed by atoms with Gasteiger partial charge >= 0.3 is 0 Å². The van der Waals surface area contributed by atoms with Crippen LogP contribution >= 0.6 is 0 Å². The Morgan fingerprint density at radius 2 is 2.07 bits per heavy atom. The number of likely N-dealkylation sites (tertiary alicyclic amines) is 1. The van der Waals surface area contributed by atoms with Gasteiger partial charge < -0.3 is 9.84 Å². The quantitative estimate of drug-likeness (QED) is 0.835. The van der Waals surface area contributed by atoms with E-state index in [-0.39, 0.29) is 5.92 Å². The van der Waals surface area contributed by atoms with Crippen LogP contribution in [0.4, 0.5) is 0 Å². The molecule has 2 heterocycles.